The number of methoxy groups -OCH3 is 2. The van der Waals surface area contributed by atoms with E-state index >= 15 is 0 Å². The highest BCUT2D eigenvalue weighted by atomic mass is 16.5. The Bertz CT molecular complexity index is 2050. The van der Waals surface area contributed by atoms with Gasteiger partial charge in [-0.2, -0.15) is 0 Å². The molecular formula is C39H48N6O5. The van der Waals surface area contributed by atoms with E-state index in [1.54, 1.807) is 0 Å². The summed E-state index contributed by atoms with van der Waals surface area (Å²) >= 11 is 0. The van der Waals surface area contributed by atoms with Crippen molar-refractivity contribution in [2.75, 3.05) is 27.3 Å². The molecule has 5 heterocycles. The van der Waals surface area contributed by atoms with Gasteiger partial charge in [-0.15, -0.1) is 0 Å². The van der Waals surface area contributed by atoms with Gasteiger partial charge < -0.3 is 30.5 Å². The molecule has 50 heavy (non-hydrogen) atoms. The number of amides is 1. The lowest BCUT2D eigenvalue weighted by Crippen LogP contribution is -2.26. The molecule has 8 bridgehead atoms. The number of hydrogen-bond acceptors (Lipinski definition) is 8. The van der Waals surface area contributed by atoms with Gasteiger partial charge in [0, 0.05) is 58.2 Å². The second-order valence-corrected chi connectivity index (χ2v) is 12.9. The van der Waals surface area contributed by atoms with Crippen LogP contribution in [0, 0.1) is 13.8 Å². The molecule has 2 aliphatic heterocycles. The summed E-state index contributed by atoms with van der Waals surface area (Å²) in [6.07, 6.45) is 3.64. The molecule has 5 rings (SSSR count). The first-order valence-electron chi connectivity index (χ1n) is 17.2. The van der Waals surface area contributed by atoms with E-state index in [4.69, 9.17) is 25.2 Å². The highest BCUT2D eigenvalue weighted by molar-refractivity contribution is 6.06. The summed E-state index contributed by atoms with van der Waals surface area (Å²) in [5, 5.41) is 3.01. The summed E-state index contributed by atoms with van der Waals surface area (Å²) in [4.78, 5) is 57.0. The maximum Gasteiger partial charge on any atom is 0.310 e. The first kappa shape index (κ1) is 36.3. The number of allylic oxidation sites excluding steroid dienone is 3. The smallest absolute Gasteiger partial charge is 0.310 e. The molecule has 3 aromatic rings. The number of nitrogens with one attached hydrogen (secondary N) is 3. The van der Waals surface area contributed by atoms with Gasteiger partial charge in [-0.1, -0.05) is 26.5 Å². The van der Waals surface area contributed by atoms with Gasteiger partial charge in [0.25, 0.3) is 5.91 Å². The molecule has 264 valence electrons. The predicted octanol–water partition coefficient (Wildman–Crippen LogP) is 6.25. The average molecular weight is 681 g/mol. The van der Waals surface area contributed by atoms with Crippen LogP contribution in [-0.2, 0) is 31.9 Å². The van der Waals surface area contributed by atoms with Crippen LogP contribution >= 0.6 is 0 Å². The molecule has 5 N–H and O–H groups in total. The Balaban J connectivity index is 2.00. The quantitative estimate of drug-likeness (QED) is 0.136. The van der Waals surface area contributed by atoms with Gasteiger partial charge in [0.1, 0.15) is 0 Å². The van der Waals surface area contributed by atoms with Gasteiger partial charge in [0.2, 0.25) is 0 Å². The van der Waals surface area contributed by atoms with Crippen molar-refractivity contribution in [3.8, 4) is 0 Å². The number of esters is 2. The number of nitrogens with zero attached hydrogens (tertiary/aromatic N) is 2. The third kappa shape index (κ3) is 6.87. The molecule has 2 aliphatic rings. The fourth-order valence-electron chi connectivity index (χ4n) is 7.10. The van der Waals surface area contributed by atoms with Crippen LogP contribution < -0.4 is 11.1 Å². The maximum absolute atomic E-state index is 14.0. The van der Waals surface area contributed by atoms with Crippen LogP contribution in [0.1, 0.15) is 107 Å². The fraction of sp³-hybridized carbons (Fsp3) is 0.410. The molecule has 0 fully saturated rings. The summed E-state index contributed by atoms with van der Waals surface area (Å²) in [5.74, 6) is -1.55. The third-order valence-electron chi connectivity index (χ3n) is 10.1. The van der Waals surface area contributed by atoms with Crippen molar-refractivity contribution in [2.24, 2.45) is 5.73 Å². The number of aromatic nitrogens is 4. The van der Waals surface area contributed by atoms with Crippen molar-refractivity contribution < 1.29 is 23.9 Å². The molecule has 0 radical (unpaired) electrons. The van der Waals surface area contributed by atoms with Crippen molar-refractivity contribution in [1.29, 1.82) is 0 Å². The van der Waals surface area contributed by atoms with Crippen LogP contribution in [0.3, 0.4) is 0 Å². The van der Waals surface area contributed by atoms with E-state index < -0.39 is 5.97 Å². The largest absolute Gasteiger partial charge is 0.469 e. The van der Waals surface area contributed by atoms with Gasteiger partial charge in [-0.3, -0.25) is 19.4 Å². The molecule has 11 heteroatoms. The number of carbonyl (C=O) groups is 3. The molecule has 0 spiro atoms. The van der Waals surface area contributed by atoms with E-state index in [1.807, 2.05) is 32.1 Å². The lowest BCUT2D eigenvalue weighted by molar-refractivity contribution is -0.141. The highest BCUT2D eigenvalue weighted by Gasteiger charge is 2.34. The second-order valence-electron chi connectivity index (χ2n) is 12.9. The van der Waals surface area contributed by atoms with Gasteiger partial charge in [-0.05, 0) is 87.0 Å². The molecule has 2 unspecified atom stereocenters. The SMILES string of the molecule is C=CC1=C(C)c2cc3nc(c(CC(=O)OC)c4[nH]c(cc5[nH]c(cc1n2)c(C)c5CC)c(C)c4C(=O)NCCCN)C(CCC(=O)OC)C3C. The Morgan fingerprint density at radius 2 is 1.68 bits per heavy atom. The number of ether oxygens (including phenoxy) is 2. The lowest BCUT2D eigenvalue weighted by atomic mass is 9.85. The minimum atomic E-state index is -0.483. The number of aryl methyl sites for hydroxylation is 3. The summed E-state index contributed by atoms with van der Waals surface area (Å²) < 4.78 is 10.2. The summed E-state index contributed by atoms with van der Waals surface area (Å²) in [6.45, 7) is 15.1. The number of carbonyl (C=O) groups excluding carboxylic acids is 3. The van der Waals surface area contributed by atoms with Crippen LogP contribution in [0.25, 0.3) is 33.2 Å². The van der Waals surface area contributed by atoms with Crippen molar-refractivity contribution in [1.82, 2.24) is 25.3 Å². The number of aromatic amines is 2. The molecule has 2 atom stereocenters. The molecule has 3 aromatic heterocycles. The van der Waals surface area contributed by atoms with Crippen LogP contribution in [0.5, 0.6) is 0 Å². The number of fused-ring (bicyclic) bond motifs is 8. The molecule has 1 amide bonds. The number of nitrogens with two attached hydrogens (primary N) is 1. The predicted molar refractivity (Wildman–Crippen MR) is 197 cm³/mol. The summed E-state index contributed by atoms with van der Waals surface area (Å²) in [7, 11) is 2.70. The fourth-order valence-corrected chi connectivity index (χ4v) is 7.10. The lowest BCUT2D eigenvalue weighted by Gasteiger charge is -2.18. The van der Waals surface area contributed by atoms with Crippen LogP contribution in [0.15, 0.2) is 30.9 Å². The number of hydrogen-bond donors (Lipinski definition) is 4. The van der Waals surface area contributed by atoms with E-state index in [9.17, 15) is 14.4 Å². The highest BCUT2D eigenvalue weighted by Crippen LogP contribution is 2.43. The van der Waals surface area contributed by atoms with Gasteiger partial charge >= 0.3 is 11.9 Å². The molecule has 0 aromatic carbocycles. The Kier molecular flexibility index (Phi) is 11.1. The minimum absolute atomic E-state index is 0.147. The Morgan fingerprint density at radius 3 is 2.34 bits per heavy atom. The average Bonchev–Trinajstić information content (AvgIpc) is 3.78. The molecule has 0 saturated heterocycles. The Labute approximate surface area is 292 Å². The van der Waals surface area contributed by atoms with E-state index in [-0.39, 0.29) is 36.6 Å². The van der Waals surface area contributed by atoms with Crippen LogP contribution in [0.2, 0.25) is 0 Å². The Morgan fingerprint density at radius 1 is 0.960 bits per heavy atom. The number of H-pyrrole nitrogens is 2. The van der Waals surface area contributed by atoms with Crippen molar-refractivity contribution in [2.45, 2.75) is 78.6 Å². The molecule has 11 nitrogen and oxygen atoms in total. The van der Waals surface area contributed by atoms with E-state index in [0.717, 1.165) is 62.4 Å². The van der Waals surface area contributed by atoms with Crippen LogP contribution in [-0.4, -0.2) is 65.1 Å². The zero-order valence-electron chi connectivity index (χ0n) is 30.1. The molecule has 0 aliphatic carbocycles. The first-order valence-corrected chi connectivity index (χ1v) is 17.2. The van der Waals surface area contributed by atoms with Gasteiger partial charge in [0.15, 0.2) is 0 Å². The second kappa shape index (κ2) is 15.2. The minimum Gasteiger partial charge on any atom is -0.469 e. The zero-order chi connectivity index (χ0) is 36.3. The molecular weight excluding hydrogens is 632 g/mol. The standard InChI is InChI=1S/C39H48N6O5/c1-9-24-20(3)28-17-30-22(5)26(12-13-34(46)49-7)37(44-30)27(16-35(47)50-8)38-36(39(48)41-15-11-14-40)23(6)31(45-38)19-33-25(10-2)21(4)29(43-33)18-32(24)42-28/h9,17-19,22,26,43,45H,1,10-16,40H2,2-8H3,(H,41,48). The summed E-state index contributed by atoms with van der Waals surface area (Å²) in [6, 6.07) is 6.05. The summed E-state index contributed by atoms with van der Waals surface area (Å²) in [5.41, 5.74) is 17.5. The van der Waals surface area contributed by atoms with Crippen molar-refractivity contribution in [3.63, 3.8) is 0 Å². The number of rotatable bonds is 11. The third-order valence-corrected chi connectivity index (χ3v) is 10.1. The first-order chi connectivity index (χ1) is 24.0. The monoisotopic (exact) mass is 680 g/mol. The van der Waals surface area contributed by atoms with Crippen LogP contribution in [0.4, 0.5) is 0 Å². The Hall–Kier alpha value is -5.03. The normalized spacial score (nSPS) is 15.6. The van der Waals surface area contributed by atoms with Crippen molar-refractivity contribution in [3.05, 3.63) is 81.4 Å². The van der Waals surface area contributed by atoms with Gasteiger partial charge in [-0.25, -0.2) is 4.98 Å². The van der Waals surface area contributed by atoms with E-state index in [0.29, 0.717) is 53.8 Å². The maximum atomic E-state index is 14.0. The zero-order valence-corrected chi connectivity index (χ0v) is 30.1. The van der Waals surface area contributed by atoms with Gasteiger partial charge in [0.05, 0.1) is 48.8 Å². The molecule has 0 saturated carbocycles. The topological polar surface area (TPSA) is 165 Å². The van der Waals surface area contributed by atoms with E-state index in [1.165, 1.54) is 14.2 Å². The van der Waals surface area contributed by atoms with E-state index in [2.05, 4.69) is 48.7 Å². The van der Waals surface area contributed by atoms with Crippen molar-refractivity contribution >= 4 is 51.1 Å².